The number of carbonyl (C=O) groups excluding carboxylic acids is 1. The fraction of sp³-hybridized carbons (Fsp3) is 0.500. The first-order valence-corrected chi connectivity index (χ1v) is 6.19. The Bertz CT molecular complexity index is 434. The van der Waals surface area contributed by atoms with E-state index in [0.29, 0.717) is 5.69 Å². The zero-order chi connectivity index (χ0) is 12.5. The maximum Gasteiger partial charge on any atom is 0.230 e. The van der Waals surface area contributed by atoms with Gasteiger partial charge >= 0.3 is 0 Å². The third kappa shape index (κ3) is 2.43. The number of hydrogen-bond acceptors (Lipinski definition) is 2. The second-order valence-electron chi connectivity index (χ2n) is 5.31. The van der Waals surface area contributed by atoms with Crippen LogP contribution in [0.1, 0.15) is 38.2 Å². The number of amides is 1. The van der Waals surface area contributed by atoms with E-state index in [1.54, 1.807) is 0 Å². The van der Waals surface area contributed by atoms with Crippen molar-refractivity contribution >= 4 is 17.3 Å². The number of aryl methyl sites for hydroxylation is 1. The van der Waals surface area contributed by atoms with Crippen molar-refractivity contribution in [3.8, 4) is 0 Å². The van der Waals surface area contributed by atoms with Crippen molar-refractivity contribution in [1.29, 1.82) is 0 Å². The molecule has 0 radical (unpaired) electrons. The molecule has 1 saturated carbocycles. The van der Waals surface area contributed by atoms with Crippen LogP contribution in [0.25, 0.3) is 0 Å². The summed E-state index contributed by atoms with van der Waals surface area (Å²) in [6, 6.07) is 5.72. The molecule has 2 rings (SSSR count). The zero-order valence-corrected chi connectivity index (χ0v) is 10.5. The van der Waals surface area contributed by atoms with Gasteiger partial charge < -0.3 is 11.1 Å². The van der Waals surface area contributed by atoms with Gasteiger partial charge in [0.1, 0.15) is 0 Å². The first-order valence-electron chi connectivity index (χ1n) is 6.19. The van der Waals surface area contributed by atoms with Crippen molar-refractivity contribution in [3.63, 3.8) is 0 Å². The zero-order valence-electron chi connectivity index (χ0n) is 10.5. The Morgan fingerprint density at radius 1 is 1.35 bits per heavy atom. The smallest absolute Gasteiger partial charge is 0.230 e. The van der Waals surface area contributed by atoms with Crippen LogP contribution in [0.3, 0.4) is 0 Å². The van der Waals surface area contributed by atoms with Gasteiger partial charge in [0.15, 0.2) is 0 Å². The van der Waals surface area contributed by atoms with Gasteiger partial charge in [0, 0.05) is 5.41 Å². The van der Waals surface area contributed by atoms with Crippen molar-refractivity contribution in [3.05, 3.63) is 23.8 Å². The average Bonchev–Trinajstić information content (AvgIpc) is 2.71. The Morgan fingerprint density at radius 2 is 2.00 bits per heavy atom. The van der Waals surface area contributed by atoms with Crippen molar-refractivity contribution in [2.24, 2.45) is 5.41 Å². The van der Waals surface area contributed by atoms with Crippen LogP contribution >= 0.6 is 0 Å². The second-order valence-corrected chi connectivity index (χ2v) is 5.31. The highest BCUT2D eigenvalue weighted by Gasteiger charge is 2.36. The van der Waals surface area contributed by atoms with Gasteiger partial charge in [-0.25, -0.2) is 0 Å². The Labute approximate surface area is 102 Å². The minimum Gasteiger partial charge on any atom is -0.397 e. The van der Waals surface area contributed by atoms with E-state index >= 15 is 0 Å². The molecule has 1 aliphatic carbocycles. The molecular weight excluding hydrogens is 212 g/mol. The lowest BCUT2D eigenvalue weighted by Crippen LogP contribution is -2.31. The van der Waals surface area contributed by atoms with Gasteiger partial charge in [-0.3, -0.25) is 4.79 Å². The van der Waals surface area contributed by atoms with Crippen LogP contribution in [0, 0.1) is 12.3 Å². The lowest BCUT2D eigenvalue weighted by atomic mass is 9.88. The summed E-state index contributed by atoms with van der Waals surface area (Å²) in [5.41, 5.74) is 8.16. The number of nitrogen functional groups attached to an aromatic ring is 1. The third-order valence-corrected chi connectivity index (χ3v) is 3.71. The number of nitrogens with one attached hydrogen (secondary N) is 1. The summed E-state index contributed by atoms with van der Waals surface area (Å²) >= 11 is 0. The summed E-state index contributed by atoms with van der Waals surface area (Å²) in [6.07, 6.45) is 4.25. The Kier molecular flexibility index (Phi) is 3.09. The molecule has 92 valence electrons. The van der Waals surface area contributed by atoms with Crippen molar-refractivity contribution in [1.82, 2.24) is 0 Å². The topological polar surface area (TPSA) is 55.1 Å². The van der Waals surface area contributed by atoms with Gasteiger partial charge in [-0.1, -0.05) is 25.8 Å². The molecule has 1 fully saturated rings. The number of hydrogen-bond donors (Lipinski definition) is 2. The Balaban J connectivity index is 2.13. The maximum absolute atomic E-state index is 12.2. The molecular formula is C14H20N2O. The summed E-state index contributed by atoms with van der Waals surface area (Å²) in [7, 11) is 0. The first-order chi connectivity index (χ1) is 8.01. The van der Waals surface area contributed by atoms with Gasteiger partial charge in [-0.15, -0.1) is 0 Å². The molecule has 1 aromatic rings. The number of rotatable bonds is 2. The lowest BCUT2D eigenvalue weighted by Gasteiger charge is -2.22. The minimum absolute atomic E-state index is 0.102. The van der Waals surface area contributed by atoms with E-state index in [9.17, 15) is 4.79 Å². The van der Waals surface area contributed by atoms with E-state index in [4.69, 9.17) is 5.73 Å². The molecule has 0 aromatic heterocycles. The van der Waals surface area contributed by atoms with E-state index in [-0.39, 0.29) is 11.3 Å². The van der Waals surface area contributed by atoms with Crippen LogP contribution < -0.4 is 11.1 Å². The summed E-state index contributed by atoms with van der Waals surface area (Å²) in [4.78, 5) is 12.2. The molecule has 0 unspecified atom stereocenters. The molecule has 0 aliphatic heterocycles. The van der Waals surface area contributed by atoms with E-state index in [1.165, 1.54) is 0 Å². The third-order valence-electron chi connectivity index (χ3n) is 3.71. The quantitative estimate of drug-likeness (QED) is 0.770. The fourth-order valence-corrected chi connectivity index (χ4v) is 2.45. The van der Waals surface area contributed by atoms with Crippen molar-refractivity contribution < 1.29 is 4.79 Å². The molecule has 0 atom stereocenters. The summed E-state index contributed by atoms with van der Waals surface area (Å²) in [5.74, 6) is 0.102. The van der Waals surface area contributed by atoms with Crippen LogP contribution in [0.2, 0.25) is 0 Å². The number of anilines is 2. The van der Waals surface area contributed by atoms with Gasteiger partial charge in [0.25, 0.3) is 0 Å². The molecule has 1 amide bonds. The normalized spacial score (nSPS) is 18.0. The minimum atomic E-state index is -0.211. The predicted octanol–water partition coefficient (Wildman–Crippen LogP) is 3.10. The van der Waals surface area contributed by atoms with E-state index in [2.05, 4.69) is 5.32 Å². The van der Waals surface area contributed by atoms with E-state index < -0.39 is 0 Å². The van der Waals surface area contributed by atoms with Crippen LogP contribution in [0.4, 0.5) is 11.4 Å². The molecule has 0 saturated heterocycles. The molecule has 1 aromatic carbocycles. The highest BCUT2D eigenvalue weighted by atomic mass is 16.2. The molecule has 3 heteroatoms. The molecule has 0 bridgehead atoms. The van der Waals surface area contributed by atoms with E-state index in [0.717, 1.165) is 36.9 Å². The average molecular weight is 232 g/mol. The lowest BCUT2D eigenvalue weighted by molar-refractivity contribution is -0.124. The van der Waals surface area contributed by atoms with Crippen LogP contribution in [0.15, 0.2) is 18.2 Å². The van der Waals surface area contributed by atoms with Gasteiger partial charge in [-0.05, 0) is 37.5 Å². The number of carbonyl (C=O) groups is 1. The van der Waals surface area contributed by atoms with Gasteiger partial charge in [0.2, 0.25) is 5.91 Å². The largest absolute Gasteiger partial charge is 0.397 e. The predicted molar refractivity (Wildman–Crippen MR) is 70.8 cm³/mol. The Hall–Kier alpha value is -1.51. The first kappa shape index (κ1) is 12.0. The standard InChI is InChI=1S/C14H20N2O/c1-10-5-6-12(11(15)9-10)16-13(17)14(2)7-3-4-8-14/h5-6,9H,3-4,7-8,15H2,1-2H3,(H,16,17). The summed E-state index contributed by atoms with van der Waals surface area (Å²) in [6.45, 7) is 4.03. The van der Waals surface area contributed by atoms with Gasteiger partial charge in [-0.2, -0.15) is 0 Å². The van der Waals surface area contributed by atoms with Crippen LogP contribution in [-0.4, -0.2) is 5.91 Å². The Morgan fingerprint density at radius 3 is 2.59 bits per heavy atom. The van der Waals surface area contributed by atoms with Gasteiger partial charge in [0.05, 0.1) is 11.4 Å². The summed E-state index contributed by atoms with van der Waals surface area (Å²) < 4.78 is 0. The fourth-order valence-electron chi connectivity index (χ4n) is 2.45. The molecule has 3 N–H and O–H groups in total. The SMILES string of the molecule is Cc1ccc(NC(=O)C2(C)CCCC2)c(N)c1. The maximum atomic E-state index is 12.2. The number of nitrogens with two attached hydrogens (primary N) is 1. The molecule has 0 heterocycles. The van der Waals surface area contributed by atoms with Crippen LogP contribution in [-0.2, 0) is 4.79 Å². The molecule has 3 nitrogen and oxygen atoms in total. The van der Waals surface area contributed by atoms with Crippen molar-refractivity contribution in [2.45, 2.75) is 39.5 Å². The van der Waals surface area contributed by atoms with Crippen molar-refractivity contribution in [2.75, 3.05) is 11.1 Å². The highest BCUT2D eigenvalue weighted by molar-refractivity contribution is 5.97. The number of benzene rings is 1. The molecule has 1 aliphatic rings. The second kappa shape index (κ2) is 4.40. The highest BCUT2D eigenvalue weighted by Crippen LogP contribution is 2.38. The van der Waals surface area contributed by atoms with Crippen LogP contribution in [0.5, 0.6) is 0 Å². The van der Waals surface area contributed by atoms with E-state index in [1.807, 2.05) is 32.0 Å². The summed E-state index contributed by atoms with van der Waals surface area (Å²) in [5, 5.41) is 2.96. The monoisotopic (exact) mass is 232 g/mol. The molecule has 17 heavy (non-hydrogen) atoms. The molecule has 0 spiro atoms.